The van der Waals surface area contributed by atoms with Crippen LogP contribution in [0.15, 0.2) is 0 Å². The number of ether oxygens (including phenoxy) is 3. The Morgan fingerprint density at radius 2 is 1.37 bits per heavy atom. The summed E-state index contributed by atoms with van der Waals surface area (Å²) in [7, 11) is 2.83. The number of amides is 3. The van der Waals surface area contributed by atoms with E-state index in [1.165, 1.54) is 25.9 Å². The van der Waals surface area contributed by atoms with Crippen LogP contribution in [0.1, 0.15) is 73.1 Å². The molecule has 1 fully saturated rings. The van der Waals surface area contributed by atoms with Gasteiger partial charge in [0, 0.05) is 14.1 Å². The van der Waals surface area contributed by atoms with Gasteiger partial charge in [0.05, 0.1) is 0 Å². The van der Waals surface area contributed by atoms with Crippen LogP contribution in [0.2, 0.25) is 0 Å². The summed E-state index contributed by atoms with van der Waals surface area (Å²) in [5, 5.41) is 2.28. The highest BCUT2D eigenvalue weighted by molar-refractivity contribution is 5.92. The number of nitrogens with one attached hydrogen (secondary N) is 1. The molecule has 0 spiro atoms. The van der Waals surface area contributed by atoms with Gasteiger partial charge in [-0.1, -0.05) is 53.4 Å². The first kappa shape index (κ1) is 32.8. The number of hydrogen-bond acceptors (Lipinski definition) is 9. The first-order chi connectivity index (χ1) is 17.8. The van der Waals surface area contributed by atoms with E-state index in [-0.39, 0.29) is 12.8 Å². The molecule has 0 aliphatic carbocycles. The number of nitrogens with zero attached hydrogens (tertiary/aromatic N) is 2. The molecule has 1 aliphatic heterocycles. The normalized spacial score (nSPS) is 25.4. The minimum atomic E-state index is -1.24. The van der Waals surface area contributed by atoms with Crippen LogP contribution in [0.4, 0.5) is 0 Å². The maximum atomic E-state index is 13.5. The molecule has 4 atom stereocenters. The highest BCUT2D eigenvalue weighted by atomic mass is 16.6. The fourth-order valence-corrected chi connectivity index (χ4v) is 3.95. The van der Waals surface area contributed by atoms with E-state index in [1.807, 2.05) is 13.8 Å². The number of carbonyl (C=O) groups is 6. The summed E-state index contributed by atoms with van der Waals surface area (Å²) < 4.78 is 15.9. The maximum Gasteiger partial charge on any atom is 0.329 e. The molecule has 216 valence electrons. The molecule has 0 bridgehead atoms. The van der Waals surface area contributed by atoms with Crippen molar-refractivity contribution in [2.45, 2.75) is 97.4 Å². The van der Waals surface area contributed by atoms with Crippen molar-refractivity contribution in [1.82, 2.24) is 15.1 Å². The third-order valence-corrected chi connectivity index (χ3v) is 6.36. The number of unbranched alkanes of at least 4 members (excludes halogenated alkanes) is 2. The van der Waals surface area contributed by atoms with E-state index in [4.69, 9.17) is 14.2 Å². The van der Waals surface area contributed by atoms with Crippen LogP contribution < -0.4 is 5.32 Å². The lowest BCUT2D eigenvalue weighted by Crippen LogP contribution is -2.53. The van der Waals surface area contributed by atoms with E-state index < -0.39 is 79.0 Å². The van der Waals surface area contributed by atoms with E-state index in [0.29, 0.717) is 12.8 Å². The average molecular weight is 542 g/mol. The van der Waals surface area contributed by atoms with Crippen molar-refractivity contribution in [3.8, 4) is 0 Å². The SMILES string of the molecule is CCCCC1C(=O)OC(C(C)C)C(=O)N(C)C(CCCC)C(=O)OCC(=O)NCC(=O)OC(C)C(=O)N1C. The molecule has 1 N–H and O–H groups in total. The van der Waals surface area contributed by atoms with Gasteiger partial charge in [-0.25, -0.2) is 9.59 Å². The van der Waals surface area contributed by atoms with Crippen LogP contribution in [0.25, 0.3) is 0 Å². The topological polar surface area (TPSA) is 149 Å². The zero-order chi connectivity index (χ0) is 29.0. The molecule has 1 saturated heterocycles. The van der Waals surface area contributed by atoms with Crippen LogP contribution in [0.5, 0.6) is 0 Å². The minimum absolute atomic E-state index is 0.272. The lowest BCUT2D eigenvalue weighted by molar-refractivity contribution is -0.173. The van der Waals surface area contributed by atoms with Crippen molar-refractivity contribution in [3.63, 3.8) is 0 Å². The molecule has 0 radical (unpaired) electrons. The third-order valence-electron chi connectivity index (χ3n) is 6.36. The Balaban J connectivity index is 3.42. The molecule has 1 heterocycles. The van der Waals surface area contributed by atoms with Gasteiger partial charge in [0.15, 0.2) is 18.8 Å². The van der Waals surface area contributed by atoms with E-state index in [1.54, 1.807) is 13.8 Å². The predicted molar refractivity (Wildman–Crippen MR) is 136 cm³/mol. The molecule has 3 amide bonds. The van der Waals surface area contributed by atoms with E-state index in [0.717, 1.165) is 17.7 Å². The van der Waals surface area contributed by atoms with E-state index >= 15 is 0 Å². The molecule has 0 aromatic rings. The summed E-state index contributed by atoms with van der Waals surface area (Å²) in [6.07, 6.45) is 0.767. The fraction of sp³-hybridized carbons (Fsp3) is 0.769. The van der Waals surface area contributed by atoms with Gasteiger partial charge in [-0.2, -0.15) is 0 Å². The number of hydrogen-bond donors (Lipinski definition) is 1. The Labute approximate surface area is 224 Å². The zero-order valence-corrected chi connectivity index (χ0v) is 23.6. The van der Waals surface area contributed by atoms with Gasteiger partial charge < -0.3 is 29.3 Å². The van der Waals surface area contributed by atoms with E-state index in [2.05, 4.69) is 5.32 Å². The van der Waals surface area contributed by atoms with Gasteiger partial charge in [-0.3, -0.25) is 19.2 Å². The second kappa shape index (κ2) is 15.9. The van der Waals surface area contributed by atoms with Crippen molar-refractivity contribution in [2.75, 3.05) is 27.2 Å². The van der Waals surface area contributed by atoms with Crippen LogP contribution in [0.3, 0.4) is 0 Å². The molecule has 1 aliphatic rings. The Morgan fingerprint density at radius 1 is 0.842 bits per heavy atom. The van der Waals surface area contributed by atoms with Gasteiger partial charge in [0.25, 0.3) is 17.7 Å². The van der Waals surface area contributed by atoms with Gasteiger partial charge in [-0.05, 0) is 25.7 Å². The van der Waals surface area contributed by atoms with Crippen LogP contribution >= 0.6 is 0 Å². The lowest BCUT2D eigenvalue weighted by Gasteiger charge is -2.33. The summed E-state index contributed by atoms with van der Waals surface area (Å²) in [5.41, 5.74) is 0. The smallest absolute Gasteiger partial charge is 0.329 e. The highest BCUT2D eigenvalue weighted by Crippen LogP contribution is 2.19. The van der Waals surface area contributed by atoms with Crippen LogP contribution in [-0.2, 0) is 43.0 Å². The summed E-state index contributed by atoms with van der Waals surface area (Å²) in [6, 6.07) is -2.04. The van der Waals surface area contributed by atoms with Crippen molar-refractivity contribution in [1.29, 1.82) is 0 Å². The number of carbonyl (C=O) groups excluding carboxylic acids is 6. The molecule has 1 rings (SSSR count). The molecule has 38 heavy (non-hydrogen) atoms. The van der Waals surface area contributed by atoms with Crippen molar-refractivity contribution in [3.05, 3.63) is 0 Å². The number of likely N-dealkylation sites (N-methyl/N-ethyl adjacent to an activating group) is 2. The van der Waals surface area contributed by atoms with Crippen molar-refractivity contribution >= 4 is 35.6 Å². The number of cyclic esters (lactones) is 3. The van der Waals surface area contributed by atoms with Crippen LogP contribution in [0, 0.1) is 5.92 Å². The van der Waals surface area contributed by atoms with Crippen molar-refractivity contribution in [2.24, 2.45) is 5.92 Å². The Morgan fingerprint density at radius 3 is 1.89 bits per heavy atom. The van der Waals surface area contributed by atoms with Crippen molar-refractivity contribution < 1.29 is 43.0 Å². The standard InChI is InChI=1S/C26H43N3O9/c1-8-10-12-18-25(34)36-15-20(30)27-14-21(31)37-17(5)23(32)28(6)19(13-11-9-2)26(35)38-22(16(3)4)24(33)29(18)7/h16-19,22H,8-15H2,1-7H3,(H,27,30). The van der Waals surface area contributed by atoms with E-state index in [9.17, 15) is 28.8 Å². The maximum absolute atomic E-state index is 13.5. The molecular formula is C26H43N3O9. The average Bonchev–Trinajstić information content (AvgIpc) is 2.87. The second-order valence-corrected chi connectivity index (χ2v) is 9.83. The fourth-order valence-electron chi connectivity index (χ4n) is 3.95. The third kappa shape index (κ3) is 9.60. The number of esters is 3. The molecule has 0 aromatic carbocycles. The van der Waals surface area contributed by atoms with Gasteiger partial charge in [0.1, 0.15) is 18.6 Å². The molecule has 12 heteroatoms. The highest BCUT2D eigenvalue weighted by Gasteiger charge is 2.39. The van der Waals surface area contributed by atoms with Gasteiger partial charge in [0.2, 0.25) is 0 Å². The number of rotatable bonds is 7. The summed E-state index contributed by atoms with van der Waals surface area (Å²) in [5.74, 6) is -4.86. The molecule has 0 aromatic heterocycles. The Kier molecular flexibility index (Phi) is 13.8. The van der Waals surface area contributed by atoms with Gasteiger partial charge in [-0.15, -0.1) is 0 Å². The molecule has 4 unspecified atom stereocenters. The summed E-state index contributed by atoms with van der Waals surface area (Å²) in [6.45, 7) is 7.40. The first-order valence-corrected chi connectivity index (χ1v) is 13.2. The molecule has 0 saturated carbocycles. The molecule has 12 nitrogen and oxygen atoms in total. The quantitative estimate of drug-likeness (QED) is 0.370. The summed E-state index contributed by atoms with van der Waals surface area (Å²) >= 11 is 0. The Hall–Kier alpha value is -3.18. The first-order valence-electron chi connectivity index (χ1n) is 13.2. The largest absolute Gasteiger partial charge is 0.454 e. The Bertz CT molecular complexity index is 861. The molecular weight excluding hydrogens is 498 g/mol. The minimum Gasteiger partial charge on any atom is -0.454 e. The monoisotopic (exact) mass is 541 g/mol. The second-order valence-electron chi connectivity index (χ2n) is 9.83. The predicted octanol–water partition coefficient (Wildman–Crippen LogP) is 1.19. The van der Waals surface area contributed by atoms with Crippen LogP contribution in [-0.4, -0.2) is 97.0 Å². The lowest BCUT2D eigenvalue weighted by atomic mass is 10.0. The summed E-state index contributed by atoms with van der Waals surface area (Å²) in [4.78, 5) is 79.4. The van der Waals surface area contributed by atoms with Gasteiger partial charge >= 0.3 is 17.9 Å². The zero-order valence-electron chi connectivity index (χ0n) is 23.6.